The summed E-state index contributed by atoms with van der Waals surface area (Å²) in [6.45, 7) is 5.94. The highest BCUT2D eigenvalue weighted by molar-refractivity contribution is 5.88. The van der Waals surface area contributed by atoms with Crippen LogP contribution in [0.15, 0.2) is 35.5 Å². The van der Waals surface area contributed by atoms with E-state index in [1.54, 1.807) is 19.1 Å². The molecule has 4 rings (SSSR count). The molecule has 39 heavy (non-hydrogen) atoms. The minimum absolute atomic E-state index is 0.110. The molecule has 2 aliphatic carbocycles. The summed E-state index contributed by atoms with van der Waals surface area (Å²) >= 11 is 0. The van der Waals surface area contributed by atoms with Crippen LogP contribution in [0.4, 0.5) is 0 Å². The van der Waals surface area contributed by atoms with Crippen molar-refractivity contribution in [2.75, 3.05) is 6.61 Å². The number of allylic oxidation sites excluding steroid dienone is 4. The summed E-state index contributed by atoms with van der Waals surface area (Å²) in [7, 11) is 0. The van der Waals surface area contributed by atoms with Crippen LogP contribution in [0.3, 0.4) is 0 Å². The molecule has 0 aromatic carbocycles. The van der Waals surface area contributed by atoms with E-state index in [1.807, 2.05) is 13.0 Å². The third-order valence-electron chi connectivity index (χ3n) is 8.81. The number of hydrogen-bond donors (Lipinski definition) is 4. The Balaban J connectivity index is 1.54. The van der Waals surface area contributed by atoms with Gasteiger partial charge in [-0.3, -0.25) is 9.59 Å². The van der Waals surface area contributed by atoms with E-state index in [-0.39, 0.29) is 11.5 Å². The molecule has 0 aromatic rings. The van der Waals surface area contributed by atoms with Crippen LogP contribution in [0.5, 0.6) is 0 Å². The number of aliphatic hydroxyl groups excluding tert-OH is 4. The zero-order chi connectivity index (χ0) is 28.8. The van der Waals surface area contributed by atoms with Crippen LogP contribution in [-0.4, -0.2) is 86.8 Å². The summed E-state index contributed by atoms with van der Waals surface area (Å²) in [6, 6.07) is 0. The highest BCUT2D eigenvalue weighted by Gasteiger charge is 2.74. The van der Waals surface area contributed by atoms with Gasteiger partial charge in [-0.2, -0.15) is 0 Å². The molecule has 2 aliphatic heterocycles. The standard InChI is InChI=1S/C28H38O11/c1-15-7-11-27-12-9-19(28(27,13-8-15)38-17(3)30)26(4,39-25(27)35)10-5-6-16(2)23(34)37-24-22(33)21(32)20(31)18(14-29)36-24/h5-7,10,18-22,24,29,31-33H,8-9,11-14H2,1-4H3/b10-5+,16-6+/t18-,19+,20-,21+,22-,24?,26-,27-,28+/m1/s1. The average molecular weight is 551 g/mol. The number of carbonyl (C=O) groups excluding carboxylic acids is 3. The molecule has 2 saturated heterocycles. The number of carbonyl (C=O) groups is 3. The van der Waals surface area contributed by atoms with Crippen molar-refractivity contribution in [1.29, 1.82) is 0 Å². The molecule has 4 aliphatic rings. The molecule has 3 fully saturated rings. The lowest BCUT2D eigenvalue weighted by Gasteiger charge is -2.54. The second kappa shape index (κ2) is 10.8. The number of cyclic esters (lactones) is 1. The Hall–Kier alpha value is -2.57. The van der Waals surface area contributed by atoms with Crippen LogP contribution < -0.4 is 0 Å². The Labute approximate surface area is 227 Å². The van der Waals surface area contributed by atoms with E-state index in [1.165, 1.54) is 19.9 Å². The van der Waals surface area contributed by atoms with Gasteiger partial charge >= 0.3 is 17.9 Å². The molecular weight excluding hydrogens is 512 g/mol. The molecule has 1 saturated carbocycles. The maximum absolute atomic E-state index is 13.6. The summed E-state index contributed by atoms with van der Waals surface area (Å²) in [6.07, 6.45) is 1.76. The summed E-state index contributed by atoms with van der Waals surface area (Å²) < 4.78 is 22.5. The smallest absolute Gasteiger partial charge is 0.336 e. The van der Waals surface area contributed by atoms with Crippen LogP contribution in [0.1, 0.15) is 59.8 Å². The maximum atomic E-state index is 13.6. The zero-order valence-corrected chi connectivity index (χ0v) is 22.7. The molecule has 0 spiro atoms. The Bertz CT molecular complexity index is 1090. The Morgan fingerprint density at radius 1 is 1.15 bits per heavy atom. The Kier molecular flexibility index (Phi) is 8.13. The van der Waals surface area contributed by atoms with Gasteiger partial charge in [-0.25, -0.2) is 4.79 Å². The molecule has 11 heteroatoms. The van der Waals surface area contributed by atoms with Crippen molar-refractivity contribution >= 4 is 17.9 Å². The SMILES string of the molecule is CC(=O)O[C@]12CCC(C)=CC[C@]13CC[C@H]2[C@@](C)(/C=C/C=C(\C)C(=O)OC1O[C@H](CO)[C@@H](O)[C@H](O)[C@H]1O)OC3=O. The molecular formula is C28H38O11. The van der Waals surface area contributed by atoms with Crippen molar-refractivity contribution in [3.05, 3.63) is 35.5 Å². The third-order valence-corrected chi connectivity index (χ3v) is 8.81. The van der Waals surface area contributed by atoms with Gasteiger partial charge in [0.05, 0.1) is 6.61 Å². The van der Waals surface area contributed by atoms with Crippen molar-refractivity contribution < 1.29 is 53.8 Å². The van der Waals surface area contributed by atoms with Gasteiger partial charge in [0.1, 0.15) is 41.0 Å². The van der Waals surface area contributed by atoms with Gasteiger partial charge in [0, 0.05) is 18.4 Å². The van der Waals surface area contributed by atoms with Gasteiger partial charge in [-0.1, -0.05) is 23.8 Å². The monoisotopic (exact) mass is 550 g/mol. The summed E-state index contributed by atoms with van der Waals surface area (Å²) in [5.41, 5.74) is -1.81. The van der Waals surface area contributed by atoms with Crippen molar-refractivity contribution in [3.8, 4) is 0 Å². The van der Waals surface area contributed by atoms with Gasteiger partial charge in [-0.05, 0) is 59.0 Å². The van der Waals surface area contributed by atoms with E-state index < -0.39 is 71.8 Å². The maximum Gasteiger partial charge on any atom is 0.336 e. The predicted octanol–water partition coefficient (Wildman–Crippen LogP) is 0.976. The minimum atomic E-state index is -1.71. The van der Waals surface area contributed by atoms with Crippen LogP contribution in [-0.2, 0) is 33.3 Å². The minimum Gasteiger partial charge on any atom is -0.458 e. The molecule has 0 aromatic heterocycles. The van der Waals surface area contributed by atoms with Crippen molar-refractivity contribution in [3.63, 3.8) is 0 Å². The number of hydrogen-bond acceptors (Lipinski definition) is 11. The van der Waals surface area contributed by atoms with E-state index in [0.29, 0.717) is 32.1 Å². The molecule has 2 bridgehead atoms. The Morgan fingerprint density at radius 3 is 2.54 bits per heavy atom. The first-order valence-corrected chi connectivity index (χ1v) is 13.3. The van der Waals surface area contributed by atoms with Gasteiger partial charge < -0.3 is 39.4 Å². The van der Waals surface area contributed by atoms with E-state index in [0.717, 1.165) is 5.57 Å². The summed E-state index contributed by atoms with van der Waals surface area (Å²) in [5.74, 6) is -2.01. The van der Waals surface area contributed by atoms with E-state index in [2.05, 4.69) is 0 Å². The van der Waals surface area contributed by atoms with Gasteiger partial charge in [0.2, 0.25) is 6.29 Å². The average Bonchev–Trinajstić information content (AvgIpc) is 3.05. The summed E-state index contributed by atoms with van der Waals surface area (Å²) in [4.78, 5) is 38.5. The largest absolute Gasteiger partial charge is 0.458 e. The second-order valence-corrected chi connectivity index (χ2v) is 11.3. The summed E-state index contributed by atoms with van der Waals surface area (Å²) in [5, 5.41) is 39.2. The van der Waals surface area contributed by atoms with Crippen molar-refractivity contribution in [2.24, 2.45) is 11.3 Å². The first kappa shape index (κ1) is 29.4. The zero-order valence-electron chi connectivity index (χ0n) is 22.7. The second-order valence-electron chi connectivity index (χ2n) is 11.3. The number of rotatable bonds is 6. The molecule has 216 valence electrons. The fourth-order valence-corrected chi connectivity index (χ4v) is 6.61. The van der Waals surface area contributed by atoms with Crippen LogP contribution in [0.2, 0.25) is 0 Å². The van der Waals surface area contributed by atoms with E-state index in [9.17, 15) is 34.8 Å². The lowest BCUT2D eigenvalue weighted by Crippen LogP contribution is -2.65. The Morgan fingerprint density at radius 2 is 1.87 bits per heavy atom. The molecule has 11 nitrogen and oxygen atoms in total. The highest BCUT2D eigenvalue weighted by Crippen LogP contribution is 2.65. The fourth-order valence-electron chi connectivity index (χ4n) is 6.61. The lowest BCUT2D eigenvalue weighted by atomic mass is 9.62. The molecule has 9 atom stereocenters. The number of aliphatic hydroxyl groups is 4. The topological polar surface area (TPSA) is 169 Å². The van der Waals surface area contributed by atoms with Gasteiger partial charge in [0.15, 0.2) is 0 Å². The van der Waals surface area contributed by atoms with Crippen molar-refractivity contribution in [1.82, 2.24) is 0 Å². The van der Waals surface area contributed by atoms with Crippen LogP contribution in [0.25, 0.3) is 0 Å². The van der Waals surface area contributed by atoms with Gasteiger partial charge in [-0.15, -0.1) is 0 Å². The van der Waals surface area contributed by atoms with Crippen LogP contribution in [0, 0.1) is 11.3 Å². The third kappa shape index (κ3) is 4.95. The van der Waals surface area contributed by atoms with E-state index >= 15 is 0 Å². The predicted molar refractivity (Wildman–Crippen MR) is 135 cm³/mol. The number of esters is 3. The van der Waals surface area contributed by atoms with Crippen molar-refractivity contribution in [2.45, 2.75) is 102 Å². The molecule has 2 heterocycles. The normalized spacial score (nSPS) is 42.3. The molecule has 0 amide bonds. The van der Waals surface area contributed by atoms with Gasteiger partial charge in [0.25, 0.3) is 0 Å². The lowest BCUT2D eigenvalue weighted by molar-refractivity contribution is -0.291. The highest BCUT2D eigenvalue weighted by atomic mass is 16.7. The molecule has 1 unspecified atom stereocenters. The van der Waals surface area contributed by atoms with Crippen LogP contribution >= 0.6 is 0 Å². The molecule has 0 radical (unpaired) electrons. The van der Waals surface area contributed by atoms with E-state index in [4.69, 9.17) is 18.9 Å². The fraction of sp³-hybridized carbons (Fsp3) is 0.679. The quantitative estimate of drug-likeness (QED) is 0.122. The first-order chi connectivity index (χ1) is 18.3. The first-order valence-electron chi connectivity index (χ1n) is 13.3. The number of ether oxygens (including phenoxy) is 4. The molecule has 4 N–H and O–H groups in total.